The van der Waals surface area contributed by atoms with E-state index in [0.717, 1.165) is 10.5 Å². The van der Waals surface area contributed by atoms with Crippen LogP contribution in [-0.4, -0.2) is 65.8 Å². The molecule has 3 heterocycles. The van der Waals surface area contributed by atoms with Crippen LogP contribution >= 0.6 is 0 Å². The first kappa shape index (κ1) is 21.6. The van der Waals surface area contributed by atoms with Crippen molar-refractivity contribution < 1.29 is 23.0 Å². The first-order valence-electron chi connectivity index (χ1n) is 10.3. The van der Waals surface area contributed by atoms with Gasteiger partial charge in [0.2, 0.25) is 5.95 Å². The third-order valence-electron chi connectivity index (χ3n) is 5.67. The lowest BCUT2D eigenvalue weighted by Gasteiger charge is -2.40. The molecule has 1 fully saturated rings. The molecule has 2 atom stereocenters. The van der Waals surface area contributed by atoms with E-state index in [1.165, 1.54) is 10.6 Å². The molecule has 1 saturated heterocycles. The van der Waals surface area contributed by atoms with E-state index < -0.39 is 23.9 Å². The first-order valence-corrected chi connectivity index (χ1v) is 10.3. The molecular weight excluding hydrogens is 413 g/mol. The zero-order chi connectivity index (χ0) is 22.0. The Morgan fingerprint density at radius 1 is 1.16 bits per heavy atom. The molecule has 10 heteroatoms. The van der Waals surface area contributed by atoms with Crippen LogP contribution in [0, 0.1) is 0 Å². The van der Waals surface area contributed by atoms with Crippen molar-refractivity contribution in [2.45, 2.75) is 37.7 Å². The topological polar surface area (TPSA) is 70.8 Å². The molecule has 1 aromatic carbocycles. The summed E-state index contributed by atoms with van der Waals surface area (Å²) in [6.45, 7) is 1.60. The third-order valence-corrected chi connectivity index (χ3v) is 5.67. The standard InChI is InChI=1S/C21H25F3N4O3/c22-21(23,24)17-6-7-27-19(30)13-18(26-8-10-31-11-9-26)25-20(27)28(17)14-16(29)12-15-4-2-1-3-5-15/h1-5,13,16-17,29H,6-12,14H2/t16-,17?/m0/s1. The van der Waals surface area contributed by atoms with Crippen LogP contribution in [-0.2, 0) is 17.7 Å². The molecule has 31 heavy (non-hydrogen) atoms. The van der Waals surface area contributed by atoms with Crippen molar-refractivity contribution in [3.05, 3.63) is 52.3 Å². The lowest BCUT2D eigenvalue weighted by atomic mass is 10.0. The summed E-state index contributed by atoms with van der Waals surface area (Å²) in [5.74, 6) is 0.291. The summed E-state index contributed by atoms with van der Waals surface area (Å²) >= 11 is 0. The van der Waals surface area contributed by atoms with E-state index in [1.807, 2.05) is 35.2 Å². The number of β-amino-alcohol motifs (C(OH)–C–C–N with tert-alkyl or cyclic N) is 1. The number of anilines is 2. The molecule has 0 radical (unpaired) electrons. The number of halogens is 3. The lowest BCUT2D eigenvalue weighted by Crippen LogP contribution is -2.55. The number of benzene rings is 1. The van der Waals surface area contributed by atoms with Crippen LogP contribution in [0.5, 0.6) is 0 Å². The van der Waals surface area contributed by atoms with Crippen LogP contribution in [0.15, 0.2) is 41.2 Å². The Bertz CT molecular complexity index is 945. The Hall–Kier alpha value is -2.59. The number of alkyl halides is 3. The molecule has 0 saturated carbocycles. The lowest BCUT2D eigenvalue weighted by molar-refractivity contribution is -0.153. The SMILES string of the molecule is O=c1cc(N2CCOCC2)nc2n1CCC(C(F)(F)F)N2C[C@@H](O)Cc1ccccc1. The van der Waals surface area contributed by atoms with Gasteiger partial charge in [0.05, 0.1) is 19.3 Å². The molecule has 0 bridgehead atoms. The summed E-state index contributed by atoms with van der Waals surface area (Å²) in [5.41, 5.74) is 0.428. The largest absolute Gasteiger partial charge is 0.408 e. The maximum absolute atomic E-state index is 13.9. The minimum Gasteiger partial charge on any atom is -0.391 e. The predicted octanol–water partition coefficient (Wildman–Crippen LogP) is 1.82. The summed E-state index contributed by atoms with van der Waals surface area (Å²) in [4.78, 5) is 20.0. The summed E-state index contributed by atoms with van der Waals surface area (Å²) in [6.07, 6.45) is -5.63. The number of aliphatic hydroxyl groups is 1. The summed E-state index contributed by atoms with van der Waals surface area (Å²) in [6, 6.07) is 8.63. The maximum Gasteiger partial charge on any atom is 0.408 e. The minimum absolute atomic E-state index is 0.0466. The van der Waals surface area contributed by atoms with Crippen molar-refractivity contribution in [1.29, 1.82) is 0 Å². The van der Waals surface area contributed by atoms with Gasteiger partial charge in [-0.2, -0.15) is 18.2 Å². The molecule has 2 aromatic rings. The molecule has 7 nitrogen and oxygen atoms in total. The van der Waals surface area contributed by atoms with Gasteiger partial charge < -0.3 is 19.6 Å². The summed E-state index contributed by atoms with van der Waals surface area (Å²) in [5, 5.41) is 10.6. The highest BCUT2D eigenvalue weighted by atomic mass is 19.4. The van der Waals surface area contributed by atoms with Crippen LogP contribution in [0.2, 0.25) is 0 Å². The fourth-order valence-corrected chi connectivity index (χ4v) is 4.14. The second kappa shape index (κ2) is 8.88. The van der Waals surface area contributed by atoms with Gasteiger partial charge in [-0.05, 0) is 12.0 Å². The summed E-state index contributed by atoms with van der Waals surface area (Å²) in [7, 11) is 0. The number of nitrogens with zero attached hydrogens (tertiary/aromatic N) is 4. The van der Waals surface area contributed by atoms with Gasteiger partial charge in [0, 0.05) is 38.7 Å². The number of fused-ring (bicyclic) bond motifs is 1. The van der Waals surface area contributed by atoms with Gasteiger partial charge in [0.25, 0.3) is 5.56 Å². The first-order chi connectivity index (χ1) is 14.8. The highest BCUT2D eigenvalue weighted by molar-refractivity contribution is 5.47. The van der Waals surface area contributed by atoms with Crippen LogP contribution in [0.25, 0.3) is 0 Å². The van der Waals surface area contributed by atoms with Crippen molar-refractivity contribution in [2.24, 2.45) is 0 Å². The smallest absolute Gasteiger partial charge is 0.391 e. The number of hydrogen-bond donors (Lipinski definition) is 1. The van der Waals surface area contributed by atoms with Crippen molar-refractivity contribution in [3.63, 3.8) is 0 Å². The van der Waals surface area contributed by atoms with Crippen LogP contribution in [0.3, 0.4) is 0 Å². The van der Waals surface area contributed by atoms with Crippen LogP contribution < -0.4 is 15.4 Å². The Labute approximate surface area is 177 Å². The number of aliphatic hydroxyl groups excluding tert-OH is 1. The summed E-state index contributed by atoms with van der Waals surface area (Å²) < 4.78 is 48.1. The van der Waals surface area contributed by atoms with E-state index in [0.29, 0.717) is 32.1 Å². The predicted molar refractivity (Wildman–Crippen MR) is 109 cm³/mol. The molecule has 168 valence electrons. The van der Waals surface area contributed by atoms with Gasteiger partial charge >= 0.3 is 6.18 Å². The zero-order valence-corrected chi connectivity index (χ0v) is 17.0. The highest BCUT2D eigenvalue weighted by Crippen LogP contribution is 2.34. The molecule has 0 amide bonds. The fraction of sp³-hybridized carbons (Fsp3) is 0.524. The monoisotopic (exact) mass is 438 g/mol. The molecule has 2 aliphatic rings. The second-order valence-electron chi connectivity index (χ2n) is 7.85. The van der Waals surface area contributed by atoms with Crippen LogP contribution in [0.4, 0.5) is 24.9 Å². The normalized spacial score (nSPS) is 20.5. The Morgan fingerprint density at radius 3 is 2.55 bits per heavy atom. The van der Waals surface area contributed by atoms with Crippen molar-refractivity contribution in [2.75, 3.05) is 42.6 Å². The Kier molecular flexibility index (Phi) is 6.19. The minimum atomic E-state index is -4.51. The van der Waals surface area contributed by atoms with Crippen molar-refractivity contribution in [1.82, 2.24) is 9.55 Å². The molecule has 4 rings (SSSR count). The van der Waals surface area contributed by atoms with Gasteiger partial charge in [0.15, 0.2) is 0 Å². The van der Waals surface area contributed by atoms with E-state index in [2.05, 4.69) is 4.98 Å². The molecule has 2 aliphatic heterocycles. The van der Waals surface area contributed by atoms with Gasteiger partial charge in [-0.3, -0.25) is 9.36 Å². The van der Waals surface area contributed by atoms with Crippen molar-refractivity contribution in [3.8, 4) is 0 Å². The zero-order valence-electron chi connectivity index (χ0n) is 17.0. The number of ether oxygens (including phenoxy) is 1. The number of hydrogen-bond acceptors (Lipinski definition) is 6. The Morgan fingerprint density at radius 2 is 1.87 bits per heavy atom. The van der Waals surface area contributed by atoms with Gasteiger partial charge in [-0.25, -0.2) is 0 Å². The van der Waals surface area contributed by atoms with Gasteiger partial charge in [-0.15, -0.1) is 0 Å². The van der Waals surface area contributed by atoms with Crippen LogP contribution in [0.1, 0.15) is 12.0 Å². The number of rotatable bonds is 5. The fourth-order valence-electron chi connectivity index (χ4n) is 4.14. The van der Waals surface area contributed by atoms with E-state index in [1.54, 1.807) is 0 Å². The quantitative estimate of drug-likeness (QED) is 0.768. The van der Waals surface area contributed by atoms with E-state index >= 15 is 0 Å². The average Bonchev–Trinajstić information content (AvgIpc) is 2.74. The number of morpholine rings is 1. The van der Waals surface area contributed by atoms with E-state index in [-0.39, 0.29) is 31.9 Å². The molecule has 0 spiro atoms. The number of aromatic nitrogens is 2. The van der Waals surface area contributed by atoms with E-state index in [9.17, 15) is 23.1 Å². The molecular formula is C21H25F3N4O3. The maximum atomic E-state index is 13.9. The molecule has 1 aromatic heterocycles. The molecule has 0 aliphatic carbocycles. The molecule has 1 N–H and O–H groups in total. The van der Waals surface area contributed by atoms with Gasteiger partial charge in [0.1, 0.15) is 11.9 Å². The Balaban J connectivity index is 1.66. The second-order valence-corrected chi connectivity index (χ2v) is 7.85. The highest BCUT2D eigenvalue weighted by Gasteiger charge is 2.47. The third kappa shape index (κ3) is 4.85. The van der Waals surface area contributed by atoms with Gasteiger partial charge in [-0.1, -0.05) is 30.3 Å². The van der Waals surface area contributed by atoms with Crippen molar-refractivity contribution >= 4 is 11.8 Å². The average molecular weight is 438 g/mol. The van der Waals surface area contributed by atoms with E-state index in [4.69, 9.17) is 4.74 Å². The molecule has 1 unspecified atom stereocenters.